The van der Waals surface area contributed by atoms with Crippen LogP contribution >= 0.6 is 0 Å². The largest absolute Gasteiger partial charge is 0.493 e. The summed E-state index contributed by atoms with van der Waals surface area (Å²) in [6.45, 7) is -0.0653. The van der Waals surface area contributed by atoms with Crippen LogP contribution in [0.15, 0.2) is 72.8 Å². The zero-order valence-corrected chi connectivity index (χ0v) is 20.1. The standard InChI is InChI=1S/C28H25NO7/c1-33-23-11-9-19(13-25(23)34-2)21-15-27(31)29(28(21)32)16-22(30)20-10-12-24(26(14-20)35-3)36-17-18-7-5-4-6-8-18/h4-15H,16-17H2,1-3H3. The first-order chi connectivity index (χ1) is 17.4. The van der Waals surface area contributed by atoms with Crippen molar-refractivity contribution in [1.29, 1.82) is 0 Å². The molecule has 0 aromatic heterocycles. The molecule has 0 bridgehead atoms. The zero-order valence-electron chi connectivity index (χ0n) is 20.1. The van der Waals surface area contributed by atoms with Gasteiger partial charge in [0.1, 0.15) is 6.61 Å². The van der Waals surface area contributed by atoms with Gasteiger partial charge in [0.25, 0.3) is 11.8 Å². The average Bonchev–Trinajstić information content (AvgIpc) is 3.20. The van der Waals surface area contributed by atoms with Gasteiger partial charge in [-0.2, -0.15) is 0 Å². The number of carbonyl (C=O) groups is 3. The van der Waals surface area contributed by atoms with Gasteiger partial charge < -0.3 is 18.9 Å². The molecule has 1 aliphatic heterocycles. The van der Waals surface area contributed by atoms with Crippen LogP contribution in [-0.2, 0) is 16.2 Å². The Morgan fingerprint density at radius 2 is 1.44 bits per heavy atom. The van der Waals surface area contributed by atoms with Crippen LogP contribution in [0.4, 0.5) is 0 Å². The molecule has 0 saturated carbocycles. The third-order valence-corrected chi connectivity index (χ3v) is 5.73. The molecule has 0 spiro atoms. The molecule has 3 aromatic rings. The third-order valence-electron chi connectivity index (χ3n) is 5.73. The Morgan fingerprint density at radius 1 is 0.778 bits per heavy atom. The highest BCUT2D eigenvalue weighted by molar-refractivity contribution is 6.34. The van der Waals surface area contributed by atoms with Crippen molar-refractivity contribution in [2.45, 2.75) is 6.61 Å². The van der Waals surface area contributed by atoms with E-state index in [0.717, 1.165) is 10.5 Å². The fourth-order valence-corrected chi connectivity index (χ4v) is 3.80. The number of hydrogen-bond donors (Lipinski definition) is 0. The molecular formula is C28H25NO7. The fourth-order valence-electron chi connectivity index (χ4n) is 3.80. The maximum absolute atomic E-state index is 13.0. The molecule has 4 rings (SSSR count). The lowest BCUT2D eigenvalue weighted by Gasteiger charge is -2.16. The topological polar surface area (TPSA) is 91.4 Å². The molecule has 0 unspecified atom stereocenters. The second-order valence-electron chi connectivity index (χ2n) is 7.92. The predicted octanol–water partition coefficient (Wildman–Crippen LogP) is 3.93. The molecule has 3 aromatic carbocycles. The summed E-state index contributed by atoms with van der Waals surface area (Å²) < 4.78 is 21.7. The zero-order chi connectivity index (χ0) is 25.7. The third kappa shape index (κ3) is 5.07. The number of Topliss-reactive ketones (excluding diaryl/α,β-unsaturated/α-hetero) is 1. The van der Waals surface area contributed by atoms with Crippen LogP contribution in [-0.4, -0.2) is 50.4 Å². The Kier molecular flexibility index (Phi) is 7.34. The number of amides is 2. The first-order valence-corrected chi connectivity index (χ1v) is 11.1. The second-order valence-corrected chi connectivity index (χ2v) is 7.92. The lowest BCUT2D eigenvalue weighted by Crippen LogP contribution is -2.35. The molecule has 8 nitrogen and oxygen atoms in total. The monoisotopic (exact) mass is 487 g/mol. The number of ether oxygens (including phenoxy) is 4. The number of ketones is 1. The Hall–Kier alpha value is -4.59. The van der Waals surface area contributed by atoms with Gasteiger partial charge in [0.05, 0.1) is 33.4 Å². The molecule has 0 N–H and O–H groups in total. The minimum absolute atomic E-state index is 0.177. The number of benzene rings is 3. The summed E-state index contributed by atoms with van der Waals surface area (Å²) in [5, 5.41) is 0. The number of imide groups is 1. The SMILES string of the molecule is COc1ccc(C2=CC(=O)N(CC(=O)c3ccc(OCc4ccccc4)c(OC)c3)C2=O)cc1OC. The van der Waals surface area contributed by atoms with Crippen LogP contribution in [0.2, 0.25) is 0 Å². The fraction of sp³-hybridized carbons (Fsp3) is 0.179. The Labute approximate surface area is 208 Å². The molecule has 0 atom stereocenters. The van der Waals surface area contributed by atoms with Gasteiger partial charge in [0.15, 0.2) is 28.8 Å². The molecule has 1 heterocycles. The van der Waals surface area contributed by atoms with E-state index in [9.17, 15) is 14.4 Å². The Bertz CT molecular complexity index is 1330. The number of nitrogens with zero attached hydrogens (tertiary/aromatic N) is 1. The van der Waals surface area contributed by atoms with Crippen LogP contribution in [0.3, 0.4) is 0 Å². The van der Waals surface area contributed by atoms with Crippen molar-refractivity contribution in [1.82, 2.24) is 4.90 Å². The highest BCUT2D eigenvalue weighted by Crippen LogP contribution is 2.33. The maximum Gasteiger partial charge on any atom is 0.261 e. The minimum atomic E-state index is -0.562. The van der Waals surface area contributed by atoms with Crippen molar-refractivity contribution < 1.29 is 33.3 Å². The van der Waals surface area contributed by atoms with E-state index in [1.54, 1.807) is 30.3 Å². The van der Waals surface area contributed by atoms with E-state index in [1.165, 1.54) is 33.5 Å². The molecule has 0 aliphatic carbocycles. The second kappa shape index (κ2) is 10.8. The van der Waals surface area contributed by atoms with Crippen LogP contribution in [0.5, 0.6) is 23.0 Å². The summed E-state index contributed by atoms with van der Waals surface area (Å²) in [5.74, 6) is 0.238. The van der Waals surface area contributed by atoms with Crippen molar-refractivity contribution in [3.8, 4) is 23.0 Å². The van der Waals surface area contributed by atoms with Crippen molar-refractivity contribution >= 4 is 23.2 Å². The lowest BCUT2D eigenvalue weighted by atomic mass is 10.1. The Balaban J connectivity index is 1.46. The molecule has 2 amide bonds. The van der Waals surface area contributed by atoms with Crippen molar-refractivity contribution in [2.75, 3.05) is 27.9 Å². The molecule has 0 radical (unpaired) electrons. The van der Waals surface area contributed by atoms with Gasteiger partial charge in [-0.05, 0) is 41.5 Å². The molecule has 0 saturated heterocycles. The van der Waals surface area contributed by atoms with Crippen LogP contribution in [0.1, 0.15) is 21.5 Å². The van der Waals surface area contributed by atoms with Gasteiger partial charge in [-0.3, -0.25) is 19.3 Å². The maximum atomic E-state index is 13.0. The summed E-state index contributed by atoms with van der Waals surface area (Å²) in [7, 11) is 4.46. The van der Waals surface area contributed by atoms with Crippen LogP contribution in [0.25, 0.3) is 5.57 Å². The Morgan fingerprint density at radius 3 is 2.14 bits per heavy atom. The van der Waals surface area contributed by atoms with E-state index in [1.807, 2.05) is 30.3 Å². The predicted molar refractivity (Wildman–Crippen MR) is 132 cm³/mol. The highest BCUT2D eigenvalue weighted by atomic mass is 16.5. The van der Waals surface area contributed by atoms with Crippen molar-refractivity contribution in [2.24, 2.45) is 0 Å². The average molecular weight is 488 g/mol. The summed E-state index contributed by atoms with van der Waals surface area (Å²) in [5.41, 5.74) is 1.95. The van der Waals surface area contributed by atoms with E-state index >= 15 is 0 Å². The van der Waals surface area contributed by atoms with E-state index in [-0.39, 0.29) is 5.57 Å². The summed E-state index contributed by atoms with van der Waals surface area (Å²) >= 11 is 0. The smallest absolute Gasteiger partial charge is 0.261 e. The van der Waals surface area contributed by atoms with Gasteiger partial charge in [-0.1, -0.05) is 36.4 Å². The van der Waals surface area contributed by atoms with E-state index in [2.05, 4.69) is 0 Å². The van der Waals surface area contributed by atoms with Gasteiger partial charge in [0, 0.05) is 11.6 Å². The molecule has 0 fully saturated rings. The highest BCUT2D eigenvalue weighted by Gasteiger charge is 2.34. The number of methoxy groups -OCH3 is 3. The van der Waals surface area contributed by atoms with Crippen LogP contribution in [0, 0.1) is 0 Å². The molecule has 8 heteroatoms. The van der Waals surface area contributed by atoms with E-state index < -0.39 is 24.1 Å². The van der Waals surface area contributed by atoms with Crippen LogP contribution < -0.4 is 18.9 Å². The summed E-state index contributed by atoms with van der Waals surface area (Å²) in [4.78, 5) is 39.5. The molecular weight excluding hydrogens is 462 g/mol. The van der Waals surface area contributed by atoms with E-state index in [4.69, 9.17) is 18.9 Å². The molecule has 36 heavy (non-hydrogen) atoms. The first kappa shape index (κ1) is 24.5. The van der Waals surface area contributed by atoms with Gasteiger partial charge in [0.2, 0.25) is 0 Å². The lowest BCUT2D eigenvalue weighted by molar-refractivity contribution is -0.135. The normalized spacial score (nSPS) is 12.9. The minimum Gasteiger partial charge on any atom is -0.493 e. The van der Waals surface area contributed by atoms with Gasteiger partial charge >= 0.3 is 0 Å². The molecule has 1 aliphatic rings. The number of hydrogen-bond acceptors (Lipinski definition) is 7. The summed E-state index contributed by atoms with van der Waals surface area (Å²) in [6, 6.07) is 19.3. The number of carbonyl (C=O) groups excluding carboxylic acids is 3. The van der Waals surface area contributed by atoms with Crippen molar-refractivity contribution in [3.05, 3.63) is 89.5 Å². The van der Waals surface area contributed by atoms with Gasteiger partial charge in [-0.15, -0.1) is 0 Å². The quantitative estimate of drug-likeness (QED) is 0.316. The van der Waals surface area contributed by atoms with Crippen molar-refractivity contribution in [3.63, 3.8) is 0 Å². The number of rotatable bonds is 10. The van der Waals surface area contributed by atoms with E-state index in [0.29, 0.717) is 40.7 Å². The first-order valence-electron chi connectivity index (χ1n) is 11.1. The van der Waals surface area contributed by atoms with Gasteiger partial charge in [-0.25, -0.2) is 0 Å². The molecule has 184 valence electrons. The summed E-state index contributed by atoms with van der Waals surface area (Å²) in [6.07, 6.45) is 1.22.